The number of carbonyl (C=O) groups excluding carboxylic acids is 1. The summed E-state index contributed by atoms with van der Waals surface area (Å²) in [5.74, 6) is -0.317. The molecule has 3 heterocycles. The van der Waals surface area contributed by atoms with E-state index in [1.165, 1.54) is 22.5 Å². The van der Waals surface area contributed by atoms with Crippen LogP contribution in [0.4, 0.5) is 10.1 Å². The van der Waals surface area contributed by atoms with Crippen LogP contribution in [0.1, 0.15) is 25.7 Å². The molecule has 1 saturated heterocycles. The Morgan fingerprint density at radius 2 is 2.09 bits per heavy atom. The summed E-state index contributed by atoms with van der Waals surface area (Å²) in [5.41, 5.74) is 0.986. The molecule has 0 radical (unpaired) electrons. The van der Waals surface area contributed by atoms with Crippen LogP contribution in [-0.2, 0) is 21.2 Å². The molecule has 0 saturated carbocycles. The van der Waals surface area contributed by atoms with Gasteiger partial charge in [0.15, 0.2) is 0 Å². The van der Waals surface area contributed by atoms with Crippen molar-refractivity contribution >= 4 is 44.6 Å². The molecule has 1 aliphatic heterocycles. The summed E-state index contributed by atoms with van der Waals surface area (Å²) in [6.07, 6.45) is 1.35. The molecule has 170 valence electrons. The summed E-state index contributed by atoms with van der Waals surface area (Å²) in [7, 11) is -3.69. The predicted octanol–water partition coefficient (Wildman–Crippen LogP) is 4.19. The van der Waals surface area contributed by atoms with Gasteiger partial charge in [-0.15, -0.1) is 11.3 Å². The number of nitrogens with one attached hydrogen (secondary N) is 1. The summed E-state index contributed by atoms with van der Waals surface area (Å²) in [5, 5.41) is 8.20. The molecule has 1 N–H and O–H groups in total. The van der Waals surface area contributed by atoms with Crippen molar-refractivity contribution in [3.8, 4) is 11.4 Å². The number of hydrogen-bond acceptors (Lipinski definition) is 7. The van der Waals surface area contributed by atoms with Crippen LogP contribution >= 0.6 is 22.9 Å². The third-order valence-corrected chi connectivity index (χ3v) is 8.81. The highest BCUT2D eigenvalue weighted by molar-refractivity contribution is 7.91. The first-order chi connectivity index (χ1) is 15.3. The molecule has 3 aromatic rings. The fourth-order valence-electron chi connectivity index (χ4n) is 3.39. The van der Waals surface area contributed by atoms with E-state index in [1.54, 1.807) is 11.4 Å². The molecular weight excluding hydrogens is 479 g/mol. The number of thiophene rings is 1. The first-order valence-corrected chi connectivity index (χ1v) is 12.6. The summed E-state index contributed by atoms with van der Waals surface area (Å²) >= 11 is 6.85. The monoisotopic (exact) mass is 498 g/mol. The zero-order chi connectivity index (χ0) is 22.9. The third kappa shape index (κ3) is 4.70. The normalized spacial score (nSPS) is 15.7. The Morgan fingerprint density at radius 1 is 1.34 bits per heavy atom. The van der Waals surface area contributed by atoms with Crippen molar-refractivity contribution in [1.82, 2.24) is 14.4 Å². The molecule has 0 bridgehead atoms. The SMILES string of the molecule is CCc1nc(-c2csc(S(=O)(=O)N3CCC(C(=O)Nc4ccc(F)c(Cl)c4)CC3)c2)no1. The van der Waals surface area contributed by atoms with Crippen molar-refractivity contribution in [2.24, 2.45) is 5.92 Å². The second-order valence-electron chi connectivity index (χ2n) is 7.32. The number of anilines is 1. The number of rotatable bonds is 6. The summed E-state index contributed by atoms with van der Waals surface area (Å²) < 4.78 is 46.1. The second-order valence-corrected chi connectivity index (χ2v) is 10.8. The molecule has 8 nitrogen and oxygen atoms in total. The average Bonchev–Trinajstić information content (AvgIpc) is 3.46. The smallest absolute Gasteiger partial charge is 0.252 e. The number of amides is 1. The van der Waals surface area contributed by atoms with Gasteiger partial charge in [0.25, 0.3) is 10.0 Å². The maximum absolute atomic E-state index is 13.3. The number of benzene rings is 1. The molecule has 2 aromatic heterocycles. The molecule has 0 aliphatic carbocycles. The van der Waals surface area contributed by atoms with Crippen LogP contribution in [0, 0.1) is 11.7 Å². The van der Waals surface area contributed by atoms with Gasteiger partial charge in [-0.05, 0) is 37.1 Å². The quantitative estimate of drug-likeness (QED) is 0.546. The van der Waals surface area contributed by atoms with Gasteiger partial charge in [-0.1, -0.05) is 23.7 Å². The van der Waals surface area contributed by atoms with Crippen LogP contribution in [0.15, 0.2) is 38.4 Å². The topological polar surface area (TPSA) is 105 Å². The van der Waals surface area contributed by atoms with Gasteiger partial charge >= 0.3 is 0 Å². The molecular formula is C20H20ClFN4O4S2. The standard InChI is InChI=1S/C20H20ClFN4O4S2/c1-2-17-24-19(25-30-17)13-9-18(31-11-13)32(28,29)26-7-5-12(6-8-26)20(27)23-14-3-4-16(22)15(21)10-14/h3-4,9-12H,2,5-8H2,1H3,(H,23,27). The number of hydrogen-bond donors (Lipinski definition) is 1. The Morgan fingerprint density at radius 3 is 2.75 bits per heavy atom. The van der Waals surface area contributed by atoms with Gasteiger partial charge < -0.3 is 9.84 Å². The Bertz CT molecular complexity index is 1240. The van der Waals surface area contributed by atoms with E-state index in [4.69, 9.17) is 16.1 Å². The van der Waals surface area contributed by atoms with Crippen LogP contribution in [0.2, 0.25) is 5.02 Å². The zero-order valence-corrected chi connectivity index (χ0v) is 19.4. The van der Waals surface area contributed by atoms with Crippen molar-refractivity contribution in [3.63, 3.8) is 0 Å². The molecule has 0 spiro atoms. The molecule has 1 fully saturated rings. The minimum absolute atomic E-state index is 0.0780. The third-order valence-electron chi connectivity index (χ3n) is 5.21. The van der Waals surface area contributed by atoms with E-state index < -0.39 is 15.8 Å². The minimum Gasteiger partial charge on any atom is -0.339 e. The number of nitrogens with zero attached hydrogens (tertiary/aromatic N) is 3. The first-order valence-electron chi connectivity index (χ1n) is 9.95. The lowest BCUT2D eigenvalue weighted by Crippen LogP contribution is -2.41. The van der Waals surface area contributed by atoms with Crippen LogP contribution < -0.4 is 5.32 Å². The predicted molar refractivity (Wildman–Crippen MR) is 119 cm³/mol. The molecule has 1 amide bonds. The van der Waals surface area contributed by atoms with Gasteiger partial charge in [0.2, 0.25) is 17.6 Å². The zero-order valence-electron chi connectivity index (χ0n) is 17.0. The maximum Gasteiger partial charge on any atom is 0.252 e. The number of aromatic nitrogens is 2. The van der Waals surface area contributed by atoms with Crippen LogP contribution in [0.3, 0.4) is 0 Å². The van der Waals surface area contributed by atoms with Gasteiger partial charge in [-0.2, -0.15) is 9.29 Å². The molecule has 4 rings (SSSR count). The number of halogens is 2. The first kappa shape index (κ1) is 22.8. The molecule has 0 unspecified atom stereocenters. The van der Waals surface area contributed by atoms with Crippen molar-refractivity contribution in [2.45, 2.75) is 30.4 Å². The van der Waals surface area contributed by atoms with Gasteiger partial charge in [-0.3, -0.25) is 4.79 Å². The van der Waals surface area contributed by atoms with Gasteiger partial charge in [0.1, 0.15) is 10.0 Å². The van der Waals surface area contributed by atoms with Crippen molar-refractivity contribution in [1.29, 1.82) is 0 Å². The van der Waals surface area contributed by atoms with E-state index in [0.717, 1.165) is 11.3 Å². The Hall–Kier alpha value is -2.34. The lowest BCUT2D eigenvalue weighted by Gasteiger charge is -2.30. The van der Waals surface area contributed by atoms with Crippen molar-refractivity contribution in [2.75, 3.05) is 18.4 Å². The molecule has 32 heavy (non-hydrogen) atoms. The molecule has 1 aromatic carbocycles. The molecule has 0 atom stereocenters. The van der Waals surface area contributed by atoms with Crippen molar-refractivity contribution in [3.05, 3.63) is 46.4 Å². The number of piperidine rings is 1. The lowest BCUT2D eigenvalue weighted by molar-refractivity contribution is -0.120. The van der Waals surface area contributed by atoms with E-state index in [1.807, 2.05) is 6.92 Å². The van der Waals surface area contributed by atoms with E-state index >= 15 is 0 Å². The number of sulfonamides is 1. The summed E-state index contributed by atoms with van der Waals surface area (Å²) in [6.45, 7) is 2.33. The molecule has 1 aliphatic rings. The highest BCUT2D eigenvalue weighted by atomic mass is 35.5. The van der Waals surface area contributed by atoms with Crippen LogP contribution in [0.5, 0.6) is 0 Å². The number of aryl methyl sites for hydroxylation is 1. The van der Waals surface area contributed by atoms with E-state index in [0.29, 0.717) is 42.2 Å². The minimum atomic E-state index is -3.69. The van der Waals surface area contributed by atoms with Gasteiger partial charge in [0.05, 0.1) is 5.02 Å². The summed E-state index contributed by atoms with van der Waals surface area (Å²) in [4.78, 5) is 16.8. The Labute approximate surface area is 193 Å². The fourth-order valence-corrected chi connectivity index (χ4v) is 6.35. The van der Waals surface area contributed by atoms with Gasteiger partial charge in [0, 0.05) is 42.1 Å². The lowest BCUT2D eigenvalue weighted by atomic mass is 9.97. The Balaban J connectivity index is 1.39. The average molecular weight is 499 g/mol. The van der Waals surface area contributed by atoms with Crippen LogP contribution in [0.25, 0.3) is 11.4 Å². The van der Waals surface area contributed by atoms with Crippen LogP contribution in [-0.4, -0.2) is 41.9 Å². The maximum atomic E-state index is 13.3. The van der Waals surface area contributed by atoms with E-state index in [-0.39, 0.29) is 34.1 Å². The largest absolute Gasteiger partial charge is 0.339 e. The van der Waals surface area contributed by atoms with E-state index in [2.05, 4.69) is 15.5 Å². The highest BCUT2D eigenvalue weighted by Crippen LogP contribution is 2.31. The Kier molecular flexibility index (Phi) is 6.61. The summed E-state index contributed by atoms with van der Waals surface area (Å²) in [6, 6.07) is 5.50. The van der Waals surface area contributed by atoms with E-state index in [9.17, 15) is 17.6 Å². The fraction of sp³-hybridized carbons (Fsp3) is 0.350. The molecule has 12 heteroatoms. The van der Waals surface area contributed by atoms with Crippen molar-refractivity contribution < 1.29 is 22.1 Å². The number of carbonyl (C=O) groups is 1. The second kappa shape index (κ2) is 9.26. The van der Waals surface area contributed by atoms with Gasteiger partial charge in [-0.25, -0.2) is 12.8 Å². The highest BCUT2D eigenvalue weighted by Gasteiger charge is 2.33.